The fourth-order valence-corrected chi connectivity index (χ4v) is 4.15. The third kappa shape index (κ3) is 3.50. The number of rotatable bonds is 5. The first kappa shape index (κ1) is 16.1. The molecule has 1 atom stereocenters. The predicted molar refractivity (Wildman–Crippen MR) is 83.6 cm³/mol. The summed E-state index contributed by atoms with van der Waals surface area (Å²) in [5, 5.41) is 12.5. The average molecular weight is 330 g/mol. The summed E-state index contributed by atoms with van der Waals surface area (Å²) in [7, 11) is -0.810. The van der Waals surface area contributed by atoms with E-state index in [-0.39, 0.29) is 16.5 Å². The Morgan fingerprint density at radius 3 is 2.67 bits per heavy atom. The van der Waals surface area contributed by atoms with Crippen LogP contribution in [0, 0.1) is 0 Å². The molecule has 1 unspecified atom stereocenters. The number of carboxylic acids is 1. The van der Waals surface area contributed by atoms with Gasteiger partial charge in [-0.2, -0.15) is 11.8 Å². The SMILES string of the molecule is CN(C)S(=O)(=O)c1ccc(NC2CCSC2)c(C(=O)O)c1. The van der Waals surface area contributed by atoms with Crippen LogP contribution in [0.4, 0.5) is 5.69 Å². The number of carbonyl (C=O) groups is 1. The van der Waals surface area contributed by atoms with Crippen molar-refractivity contribution in [3.05, 3.63) is 23.8 Å². The minimum atomic E-state index is -3.64. The van der Waals surface area contributed by atoms with Crippen molar-refractivity contribution in [2.24, 2.45) is 0 Å². The molecule has 1 aromatic rings. The number of nitrogens with one attached hydrogen (secondary N) is 1. The second-order valence-corrected chi connectivity index (χ2v) is 8.31. The number of aromatic carboxylic acids is 1. The lowest BCUT2D eigenvalue weighted by Gasteiger charge is -2.17. The van der Waals surface area contributed by atoms with Crippen molar-refractivity contribution in [3.8, 4) is 0 Å². The zero-order chi connectivity index (χ0) is 15.6. The second-order valence-electron chi connectivity index (χ2n) is 5.00. The molecule has 116 valence electrons. The normalized spacial score (nSPS) is 18.9. The van der Waals surface area contributed by atoms with Crippen LogP contribution in [0.15, 0.2) is 23.1 Å². The molecule has 1 aliphatic rings. The van der Waals surface area contributed by atoms with Gasteiger partial charge in [-0.05, 0) is 30.4 Å². The number of sulfonamides is 1. The topological polar surface area (TPSA) is 86.7 Å². The molecule has 0 aliphatic carbocycles. The Morgan fingerprint density at radius 1 is 1.43 bits per heavy atom. The van der Waals surface area contributed by atoms with Crippen molar-refractivity contribution in [2.45, 2.75) is 17.4 Å². The van der Waals surface area contributed by atoms with Gasteiger partial charge in [-0.3, -0.25) is 0 Å². The molecule has 0 radical (unpaired) electrons. The van der Waals surface area contributed by atoms with Gasteiger partial charge in [0.1, 0.15) is 0 Å². The van der Waals surface area contributed by atoms with Crippen LogP contribution in [0.25, 0.3) is 0 Å². The van der Waals surface area contributed by atoms with Crippen LogP contribution in [0.1, 0.15) is 16.8 Å². The standard InChI is InChI=1S/C13H18N2O4S2/c1-15(2)21(18,19)10-3-4-12(11(7-10)13(16)17)14-9-5-6-20-8-9/h3-4,7,9,14H,5-6,8H2,1-2H3,(H,16,17). The van der Waals surface area contributed by atoms with Crippen molar-refractivity contribution in [1.29, 1.82) is 0 Å². The van der Waals surface area contributed by atoms with Crippen molar-refractivity contribution in [3.63, 3.8) is 0 Å². The van der Waals surface area contributed by atoms with Gasteiger partial charge in [-0.1, -0.05) is 0 Å². The number of hydrogen-bond acceptors (Lipinski definition) is 5. The van der Waals surface area contributed by atoms with E-state index in [2.05, 4.69) is 5.32 Å². The van der Waals surface area contributed by atoms with Gasteiger partial charge in [0.15, 0.2) is 0 Å². The molecule has 0 spiro atoms. The maximum absolute atomic E-state index is 12.1. The van der Waals surface area contributed by atoms with Crippen LogP contribution >= 0.6 is 11.8 Å². The first-order chi connectivity index (χ1) is 9.82. The summed E-state index contributed by atoms with van der Waals surface area (Å²) in [5.74, 6) is 0.836. The lowest BCUT2D eigenvalue weighted by atomic mass is 10.1. The van der Waals surface area contributed by atoms with Gasteiger partial charge < -0.3 is 10.4 Å². The van der Waals surface area contributed by atoms with Crippen LogP contribution in [0.5, 0.6) is 0 Å². The fraction of sp³-hybridized carbons (Fsp3) is 0.462. The van der Waals surface area contributed by atoms with Gasteiger partial charge >= 0.3 is 5.97 Å². The highest BCUT2D eigenvalue weighted by atomic mass is 32.2. The summed E-state index contributed by atoms with van der Waals surface area (Å²) in [4.78, 5) is 11.4. The number of hydrogen-bond donors (Lipinski definition) is 2. The lowest BCUT2D eigenvalue weighted by molar-refractivity contribution is 0.0697. The van der Waals surface area contributed by atoms with Crippen molar-refractivity contribution >= 4 is 33.4 Å². The molecule has 2 N–H and O–H groups in total. The minimum Gasteiger partial charge on any atom is -0.478 e. The quantitative estimate of drug-likeness (QED) is 0.852. The zero-order valence-corrected chi connectivity index (χ0v) is 13.5. The van der Waals surface area contributed by atoms with Gasteiger partial charge in [0.05, 0.1) is 10.5 Å². The van der Waals surface area contributed by atoms with Crippen LogP contribution in [-0.2, 0) is 10.0 Å². The Balaban J connectivity index is 2.37. The average Bonchev–Trinajstić information content (AvgIpc) is 2.91. The van der Waals surface area contributed by atoms with E-state index < -0.39 is 16.0 Å². The number of carboxylic acid groups (broad SMARTS) is 1. The molecule has 1 heterocycles. The van der Waals surface area contributed by atoms with Gasteiger partial charge in [-0.25, -0.2) is 17.5 Å². The van der Waals surface area contributed by atoms with Gasteiger partial charge in [0.2, 0.25) is 10.0 Å². The summed E-state index contributed by atoms with van der Waals surface area (Å²) in [6.45, 7) is 0. The molecular formula is C13H18N2O4S2. The van der Waals surface area contributed by atoms with E-state index in [9.17, 15) is 18.3 Å². The largest absolute Gasteiger partial charge is 0.478 e. The van der Waals surface area contributed by atoms with E-state index in [0.29, 0.717) is 5.69 Å². The molecule has 0 amide bonds. The Morgan fingerprint density at radius 2 is 2.14 bits per heavy atom. The van der Waals surface area contributed by atoms with Gasteiger partial charge in [0.25, 0.3) is 0 Å². The van der Waals surface area contributed by atoms with Crippen molar-refractivity contribution in [2.75, 3.05) is 30.9 Å². The monoisotopic (exact) mass is 330 g/mol. The van der Waals surface area contributed by atoms with Crippen LogP contribution in [0.2, 0.25) is 0 Å². The third-order valence-corrected chi connectivity index (χ3v) is 6.26. The first-order valence-electron chi connectivity index (χ1n) is 6.46. The molecular weight excluding hydrogens is 312 g/mol. The zero-order valence-electron chi connectivity index (χ0n) is 11.9. The molecule has 1 aromatic carbocycles. The van der Waals surface area contributed by atoms with E-state index >= 15 is 0 Å². The summed E-state index contributed by atoms with van der Waals surface area (Å²) in [5.41, 5.74) is 0.447. The smallest absolute Gasteiger partial charge is 0.337 e. The van der Waals surface area contributed by atoms with Crippen molar-refractivity contribution < 1.29 is 18.3 Å². The summed E-state index contributed by atoms with van der Waals surface area (Å²) >= 11 is 1.81. The van der Waals surface area contributed by atoms with Gasteiger partial charge in [-0.15, -0.1) is 0 Å². The maximum atomic E-state index is 12.1. The number of nitrogens with zero attached hydrogens (tertiary/aromatic N) is 1. The molecule has 0 bridgehead atoms. The molecule has 0 saturated carbocycles. The number of benzene rings is 1. The van der Waals surface area contributed by atoms with Crippen LogP contribution in [-0.4, -0.2) is 55.4 Å². The molecule has 2 rings (SSSR count). The Hall–Kier alpha value is -1.25. The summed E-state index contributed by atoms with van der Waals surface area (Å²) in [6, 6.07) is 4.40. The lowest BCUT2D eigenvalue weighted by Crippen LogP contribution is -2.23. The fourth-order valence-electron chi connectivity index (χ4n) is 2.07. The summed E-state index contributed by atoms with van der Waals surface area (Å²) < 4.78 is 25.2. The van der Waals surface area contributed by atoms with Gasteiger partial charge in [0, 0.05) is 31.6 Å². The van der Waals surface area contributed by atoms with E-state index in [1.54, 1.807) is 0 Å². The minimum absolute atomic E-state index is 0.0174. The van der Waals surface area contributed by atoms with Crippen LogP contribution < -0.4 is 5.32 Å². The Bertz CT molecular complexity index is 638. The Labute approximate surface area is 128 Å². The molecule has 1 fully saturated rings. The maximum Gasteiger partial charge on any atom is 0.337 e. The summed E-state index contributed by atoms with van der Waals surface area (Å²) in [6.07, 6.45) is 0.974. The highest BCUT2D eigenvalue weighted by Crippen LogP contribution is 2.26. The molecule has 1 aliphatic heterocycles. The number of anilines is 1. The Kier molecular flexibility index (Phi) is 4.80. The highest BCUT2D eigenvalue weighted by molar-refractivity contribution is 7.99. The second kappa shape index (κ2) is 6.25. The van der Waals surface area contributed by atoms with Crippen LogP contribution in [0.3, 0.4) is 0 Å². The van der Waals surface area contributed by atoms with E-state index in [0.717, 1.165) is 22.2 Å². The third-order valence-electron chi connectivity index (χ3n) is 3.29. The molecule has 1 saturated heterocycles. The predicted octanol–water partition coefficient (Wildman–Crippen LogP) is 1.55. The highest BCUT2D eigenvalue weighted by Gasteiger charge is 2.23. The number of thioether (sulfide) groups is 1. The first-order valence-corrected chi connectivity index (χ1v) is 9.06. The molecule has 0 aromatic heterocycles. The van der Waals surface area contributed by atoms with E-state index in [1.165, 1.54) is 32.3 Å². The molecule has 6 nitrogen and oxygen atoms in total. The van der Waals surface area contributed by atoms with Crippen molar-refractivity contribution in [1.82, 2.24) is 4.31 Å². The molecule has 21 heavy (non-hydrogen) atoms. The molecule has 8 heteroatoms. The van der Waals surface area contributed by atoms with E-state index in [1.807, 2.05) is 11.8 Å². The van der Waals surface area contributed by atoms with E-state index in [4.69, 9.17) is 0 Å².